The topological polar surface area (TPSA) is 141 Å². The molecule has 0 saturated carbocycles. The number of amides is 2. The van der Waals surface area contributed by atoms with Crippen LogP contribution in [0.5, 0.6) is 5.75 Å². The van der Waals surface area contributed by atoms with E-state index in [1.807, 2.05) is 0 Å². The van der Waals surface area contributed by atoms with E-state index in [-0.39, 0.29) is 34.5 Å². The third-order valence-corrected chi connectivity index (χ3v) is 7.28. The first-order valence-corrected chi connectivity index (χ1v) is 11.5. The molecule has 2 rings (SSSR count). The van der Waals surface area contributed by atoms with Gasteiger partial charge in [0.15, 0.2) is 0 Å². The molecule has 11 heteroatoms. The summed E-state index contributed by atoms with van der Waals surface area (Å²) in [6, 6.07) is 3.37. The maximum atomic E-state index is 12.9. The molecule has 0 spiro atoms. The molecule has 2 amide bonds. The van der Waals surface area contributed by atoms with E-state index in [4.69, 9.17) is 9.88 Å². The number of hydrogen-bond donors (Lipinski definition) is 2. The number of methoxy groups -OCH3 is 1. The van der Waals surface area contributed by atoms with Crippen molar-refractivity contribution < 1.29 is 37.1 Å². The van der Waals surface area contributed by atoms with Crippen LogP contribution >= 0.6 is 11.8 Å². The number of nitrogens with zero attached hydrogens (tertiary/aromatic N) is 1. The van der Waals surface area contributed by atoms with Crippen molar-refractivity contribution in [1.29, 1.82) is 0 Å². The molecule has 29 heavy (non-hydrogen) atoms. The Bertz CT molecular complexity index is 932. The van der Waals surface area contributed by atoms with Gasteiger partial charge in [-0.05, 0) is 32.0 Å². The van der Waals surface area contributed by atoms with Gasteiger partial charge < -0.3 is 9.84 Å². The second-order valence-corrected chi connectivity index (χ2v) is 9.67. The quantitative estimate of drug-likeness (QED) is 0.634. The predicted molar refractivity (Wildman–Crippen MR) is 107 cm³/mol. The maximum absolute atomic E-state index is 12.9. The molecule has 1 fully saturated rings. The molecule has 0 aliphatic carbocycles. The van der Waals surface area contributed by atoms with Crippen LogP contribution < -0.4 is 9.88 Å². The average molecular weight is 446 g/mol. The molecule has 0 bridgehead atoms. The van der Waals surface area contributed by atoms with E-state index in [1.165, 1.54) is 19.2 Å². The number of ether oxygens (including phenoxy) is 1. The molecule has 1 aliphatic rings. The van der Waals surface area contributed by atoms with Crippen molar-refractivity contribution in [2.24, 2.45) is 11.1 Å². The highest BCUT2D eigenvalue weighted by molar-refractivity contribution is 8.14. The van der Waals surface area contributed by atoms with Crippen LogP contribution in [0.25, 0.3) is 0 Å². The molecule has 1 unspecified atom stereocenters. The van der Waals surface area contributed by atoms with Crippen molar-refractivity contribution in [3.63, 3.8) is 0 Å². The van der Waals surface area contributed by atoms with Crippen molar-refractivity contribution in [3.05, 3.63) is 23.8 Å². The molecule has 160 valence electrons. The Morgan fingerprint density at radius 1 is 1.38 bits per heavy atom. The number of sulfonamides is 1. The number of carbonyl (C=O) groups excluding carboxylic acids is 2. The Hall–Kier alpha value is -1.95. The minimum Gasteiger partial charge on any atom is -0.496 e. The Kier molecular flexibility index (Phi) is 7.10. The molecule has 3 N–H and O–H groups in total. The number of primary sulfonamides is 1. The molecule has 1 saturated heterocycles. The van der Waals surface area contributed by atoms with Crippen LogP contribution in [0.15, 0.2) is 23.1 Å². The summed E-state index contributed by atoms with van der Waals surface area (Å²) in [4.78, 5) is 37.2. The number of rotatable bonds is 6. The molecule has 3 atom stereocenters. The fourth-order valence-electron chi connectivity index (χ4n) is 3.55. The minimum absolute atomic E-state index is 0.0142. The highest BCUT2D eigenvalue weighted by Crippen LogP contribution is 2.32. The lowest BCUT2D eigenvalue weighted by molar-refractivity contribution is -0.793. The number of benzene rings is 1. The van der Waals surface area contributed by atoms with Crippen molar-refractivity contribution in [2.75, 3.05) is 19.4 Å². The van der Waals surface area contributed by atoms with Gasteiger partial charge in [-0.3, -0.25) is 4.79 Å². The summed E-state index contributed by atoms with van der Waals surface area (Å²) < 4.78 is 27.6. The molecular formula is C18H25N2O7S2+. The van der Waals surface area contributed by atoms with Crippen molar-refractivity contribution in [1.82, 2.24) is 0 Å². The van der Waals surface area contributed by atoms with Crippen LogP contribution in [0.4, 0.5) is 4.79 Å². The van der Waals surface area contributed by atoms with Gasteiger partial charge in [-0.1, -0.05) is 11.8 Å². The number of carboxylic acid groups (broad SMARTS) is 1. The van der Waals surface area contributed by atoms with Gasteiger partial charge in [0.2, 0.25) is 15.1 Å². The minimum atomic E-state index is -4.00. The smallest absolute Gasteiger partial charge is 0.496 e. The van der Waals surface area contributed by atoms with Crippen LogP contribution in [0.1, 0.15) is 37.0 Å². The summed E-state index contributed by atoms with van der Waals surface area (Å²) in [6.45, 7) is 3.57. The van der Waals surface area contributed by atoms with E-state index in [1.54, 1.807) is 13.8 Å². The number of imide groups is 1. The van der Waals surface area contributed by atoms with E-state index in [0.29, 0.717) is 12.8 Å². The number of nitrogens with two attached hydrogens (primary N) is 1. The first kappa shape index (κ1) is 23.3. The monoisotopic (exact) mass is 445 g/mol. The third-order valence-electron chi connectivity index (χ3n) is 5.23. The molecule has 9 nitrogen and oxygen atoms in total. The predicted octanol–water partition coefficient (Wildman–Crippen LogP) is 2.06. The molecular weight excluding hydrogens is 420 g/mol. The average Bonchev–Trinajstić information content (AvgIpc) is 3.06. The lowest BCUT2D eigenvalue weighted by atomic mass is 10.1. The van der Waals surface area contributed by atoms with Gasteiger partial charge in [-0.15, -0.1) is 0 Å². The fraction of sp³-hybridized carbons (Fsp3) is 0.500. The fourth-order valence-corrected chi connectivity index (χ4v) is 4.95. The zero-order valence-corrected chi connectivity index (χ0v) is 18.1. The number of likely N-dealkylation sites (tertiary alicyclic amines) is 1. The van der Waals surface area contributed by atoms with E-state index in [9.17, 15) is 27.9 Å². The maximum Gasteiger partial charge on any atom is 0.521 e. The van der Waals surface area contributed by atoms with Crippen molar-refractivity contribution in [3.8, 4) is 5.75 Å². The molecule has 0 aromatic heterocycles. The van der Waals surface area contributed by atoms with E-state index in [2.05, 4.69) is 0 Å². The molecule has 1 heterocycles. The van der Waals surface area contributed by atoms with Gasteiger partial charge in [-0.25, -0.2) is 18.4 Å². The highest BCUT2D eigenvalue weighted by atomic mass is 32.2. The summed E-state index contributed by atoms with van der Waals surface area (Å²) in [7, 11) is -2.66. The summed E-state index contributed by atoms with van der Waals surface area (Å²) in [5.74, 6) is -0.891. The Morgan fingerprint density at radius 3 is 2.52 bits per heavy atom. The largest absolute Gasteiger partial charge is 0.521 e. The third kappa shape index (κ3) is 4.63. The van der Waals surface area contributed by atoms with Gasteiger partial charge >= 0.3 is 12.0 Å². The number of hydrogen-bond acceptors (Lipinski definition) is 7. The summed E-state index contributed by atoms with van der Waals surface area (Å²) in [5, 5.41) is 14.3. The van der Waals surface area contributed by atoms with E-state index >= 15 is 0 Å². The molecule has 1 aromatic rings. The first-order valence-electron chi connectivity index (χ1n) is 8.98. The van der Waals surface area contributed by atoms with Crippen molar-refractivity contribution >= 4 is 38.9 Å². The zero-order valence-electron chi connectivity index (χ0n) is 16.5. The molecule has 1 aliphatic heterocycles. The Balaban J connectivity index is 2.18. The van der Waals surface area contributed by atoms with Crippen LogP contribution in [0.2, 0.25) is 0 Å². The van der Waals surface area contributed by atoms with Crippen LogP contribution in [0.3, 0.4) is 0 Å². The normalized spacial score (nSPS) is 22.8. The number of carbonyl (C=O) groups is 3. The van der Waals surface area contributed by atoms with Gasteiger partial charge in [0, 0.05) is 18.6 Å². The number of thioether (sulfide) groups is 1. The summed E-state index contributed by atoms with van der Waals surface area (Å²) >= 11 is 0.807. The van der Waals surface area contributed by atoms with E-state index in [0.717, 1.165) is 17.8 Å². The Morgan fingerprint density at radius 2 is 2.03 bits per heavy atom. The second kappa shape index (κ2) is 8.82. The van der Waals surface area contributed by atoms with Crippen LogP contribution in [-0.2, 0) is 14.8 Å². The lowest BCUT2D eigenvalue weighted by Crippen LogP contribution is -2.60. The summed E-state index contributed by atoms with van der Waals surface area (Å²) in [5.41, 5.74) is 0.0142. The van der Waals surface area contributed by atoms with Gasteiger partial charge in [-0.2, -0.15) is 9.28 Å². The van der Waals surface area contributed by atoms with Crippen LogP contribution in [-0.4, -0.2) is 60.6 Å². The van der Waals surface area contributed by atoms with Crippen molar-refractivity contribution in [2.45, 2.75) is 37.6 Å². The van der Waals surface area contributed by atoms with Gasteiger partial charge in [0.1, 0.15) is 11.8 Å². The Labute approximate surface area is 173 Å². The SMILES string of the molecule is COc1ccc(S(N)(=O)=O)cc1C(=O)SC[C@@H](C)C(=O)[N+]1(C(=O)O)CCC[C@H]1C. The van der Waals surface area contributed by atoms with Gasteiger partial charge in [0.25, 0.3) is 0 Å². The molecule has 0 radical (unpaired) electrons. The highest BCUT2D eigenvalue weighted by Gasteiger charge is 2.54. The molecule has 1 aromatic carbocycles. The lowest BCUT2D eigenvalue weighted by Gasteiger charge is -2.31. The van der Waals surface area contributed by atoms with Crippen LogP contribution in [0, 0.1) is 5.92 Å². The zero-order chi connectivity index (χ0) is 22.0. The second-order valence-electron chi connectivity index (χ2n) is 7.11. The first-order chi connectivity index (χ1) is 13.4. The number of quaternary nitrogens is 1. The van der Waals surface area contributed by atoms with Gasteiger partial charge in [0.05, 0.1) is 30.0 Å². The summed E-state index contributed by atoms with van der Waals surface area (Å²) in [6.07, 6.45) is 0.120. The van der Waals surface area contributed by atoms with E-state index < -0.39 is 37.5 Å². The standard InChI is InChI=1S/C18H24N2O7S2/c1-11(16(21)20(18(23)24)8-4-5-12(20)2)10-28-17(22)14-9-13(29(19,25)26)6-7-15(14)27-3/h6-7,9,11-12H,4-5,8,10H2,1-3H3,(H2-,19,23,24,25,26)/p+1/t11-,12-,20?/m1/s1.